The number of rotatable bonds is 6. The van der Waals surface area contributed by atoms with Gasteiger partial charge in [-0.3, -0.25) is 9.69 Å². The van der Waals surface area contributed by atoms with Gasteiger partial charge < -0.3 is 10.8 Å². The predicted octanol–water partition coefficient (Wildman–Crippen LogP) is -0.258. The predicted molar refractivity (Wildman–Crippen MR) is 43.4 cm³/mol. The van der Waals surface area contributed by atoms with Crippen molar-refractivity contribution in [3.8, 4) is 0 Å². The molecule has 4 nitrogen and oxygen atoms in total. The highest BCUT2D eigenvalue weighted by atomic mass is 16.4. The minimum absolute atomic E-state index is 0.122. The third-order valence-corrected chi connectivity index (χ3v) is 1.48. The Morgan fingerprint density at radius 3 is 2.64 bits per heavy atom. The van der Waals surface area contributed by atoms with E-state index < -0.39 is 5.97 Å². The number of nitrogens with two attached hydrogens (primary N) is 1. The standard InChI is InChI=1S/C7H16N2O2/c1-2-9(5-3-4-8)6-7(10)11/h2-6,8H2,1H3,(H,10,11). The van der Waals surface area contributed by atoms with Crippen LogP contribution in [-0.4, -0.2) is 42.2 Å². The number of aliphatic carboxylic acids is 1. The number of carboxylic acid groups (broad SMARTS) is 1. The summed E-state index contributed by atoms with van der Waals surface area (Å²) in [6, 6.07) is 0. The highest BCUT2D eigenvalue weighted by Gasteiger charge is 2.05. The van der Waals surface area contributed by atoms with Crippen molar-refractivity contribution in [3.63, 3.8) is 0 Å². The van der Waals surface area contributed by atoms with Gasteiger partial charge in [-0.2, -0.15) is 0 Å². The number of nitrogens with zero attached hydrogens (tertiary/aromatic N) is 1. The Labute approximate surface area is 67.0 Å². The van der Waals surface area contributed by atoms with Gasteiger partial charge in [-0.1, -0.05) is 6.92 Å². The van der Waals surface area contributed by atoms with E-state index in [1.165, 1.54) is 0 Å². The molecule has 0 fully saturated rings. The first kappa shape index (κ1) is 10.4. The van der Waals surface area contributed by atoms with Crippen molar-refractivity contribution >= 4 is 5.97 Å². The van der Waals surface area contributed by atoms with Crippen molar-refractivity contribution in [1.29, 1.82) is 0 Å². The smallest absolute Gasteiger partial charge is 0.317 e. The number of likely N-dealkylation sites (N-methyl/N-ethyl adjacent to an activating group) is 1. The molecule has 0 atom stereocenters. The zero-order valence-corrected chi connectivity index (χ0v) is 6.92. The summed E-state index contributed by atoms with van der Waals surface area (Å²) in [7, 11) is 0. The lowest BCUT2D eigenvalue weighted by molar-refractivity contribution is -0.138. The molecule has 0 saturated heterocycles. The number of hydrogen-bond acceptors (Lipinski definition) is 3. The van der Waals surface area contributed by atoms with Crippen LogP contribution in [0.25, 0.3) is 0 Å². The molecule has 0 spiro atoms. The fourth-order valence-electron chi connectivity index (χ4n) is 0.855. The van der Waals surface area contributed by atoms with E-state index in [1.54, 1.807) is 0 Å². The number of carbonyl (C=O) groups is 1. The van der Waals surface area contributed by atoms with Crippen LogP contribution in [0.2, 0.25) is 0 Å². The van der Waals surface area contributed by atoms with Gasteiger partial charge in [0.25, 0.3) is 0 Å². The fourth-order valence-corrected chi connectivity index (χ4v) is 0.855. The van der Waals surface area contributed by atoms with Crippen molar-refractivity contribution in [1.82, 2.24) is 4.90 Å². The Morgan fingerprint density at radius 2 is 2.27 bits per heavy atom. The van der Waals surface area contributed by atoms with Gasteiger partial charge in [-0.15, -0.1) is 0 Å². The summed E-state index contributed by atoms with van der Waals surface area (Å²) in [5, 5.41) is 8.44. The molecule has 0 aliphatic heterocycles. The minimum atomic E-state index is -0.774. The maximum atomic E-state index is 10.3. The molecule has 0 saturated carbocycles. The summed E-state index contributed by atoms with van der Waals surface area (Å²) < 4.78 is 0. The topological polar surface area (TPSA) is 66.6 Å². The first-order valence-corrected chi connectivity index (χ1v) is 3.85. The van der Waals surface area contributed by atoms with Crippen LogP contribution in [0.5, 0.6) is 0 Å². The summed E-state index contributed by atoms with van der Waals surface area (Å²) in [6.45, 7) is 4.23. The van der Waals surface area contributed by atoms with Gasteiger partial charge in [0.1, 0.15) is 0 Å². The van der Waals surface area contributed by atoms with Crippen LogP contribution in [0.4, 0.5) is 0 Å². The molecule has 0 aromatic rings. The van der Waals surface area contributed by atoms with Crippen LogP contribution in [0, 0.1) is 0 Å². The molecule has 3 N–H and O–H groups in total. The first-order valence-electron chi connectivity index (χ1n) is 3.85. The SMILES string of the molecule is CCN(CCCN)CC(=O)O. The van der Waals surface area contributed by atoms with Crippen molar-refractivity contribution in [2.75, 3.05) is 26.2 Å². The zero-order valence-electron chi connectivity index (χ0n) is 6.92. The largest absolute Gasteiger partial charge is 0.480 e. The average Bonchev–Trinajstić information content (AvgIpc) is 1.97. The summed E-state index contributed by atoms with van der Waals surface area (Å²) in [5.41, 5.74) is 5.29. The summed E-state index contributed by atoms with van der Waals surface area (Å²) in [5.74, 6) is -0.774. The normalized spacial score (nSPS) is 10.5. The van der Waals surface area contributed by atoms with E-state index in [9.17, 15) is 4.79 Å². The van der Waals surface area contributed by atoms with Crippen molar-refractivity contribution < 1.29 is 9.90 Å². The quantitative estimate of drug-likeness (QED) is 0.562. The van der Waals surface area contributed by atoms with Crippen LogP contribution in [0.15, 0.2) is 0 Å². The Morgan fingerprint density at radius 1 is 1.64 bits per heavy atom. The molecular formula is C7H16N2O2. The summed E-state index contributed by atoms with van der Waals surface area (Å²) in [4.78, 5) is 12.1. The highest BCUT2D eigenvalue weighted by Crippen LogP contribution is 1.89. The van der Waals surface area contributed by atoms with Gasteiger partial charge >= 0.3 is 5.97 Å². The molecule has 0 aliphatic rings. The van der Waals surface area contributed by atoms with E-state index in [0.717, 1.165) is 19.5 Å². The minimum Gasteiger partial charge on any atom is -0.480 e. The molecule has 66 valence electrons. The lowest BCUT2D eigenvalue weighted by Crippen LogP contribution is -2.31. The monoisotopic (exact) mass is 160 g/mol. The molecule has 0 aliphatic carbocycles. The van der Waals surface area contributed by atoms with Crippen LogP contribution < -0.4 is 5.73 Å². The number of hydrogen-bond donors (Lipinski definition) is 2. The third kappa shape index (κ3) is 5.82. The van der Waals surface area contributed by atoms with Crippen LogP contribution in [0.1, 0.15) is 13.3 Å². The maximum Gasteiger partial charge on any atom is 0.317 e. The van der Waals surface area contributed by atoms with Gasteiger partial charge in [-0.25, -0.2) is 0 Å². The summed E-state index contributed by atoms with van der Waals surface area (Å²) >= 11 is 0. The second-order valence-corrected chi connectivity index (χ2v) is 2.40. The molecule has 0 rings (SSSR count). The molecule has 0 bridgehead atoms. The molecule has 0 radical (unpaired) electrons. The van der Waals surface area contributed by atoms with Crippen molar-refractivity contribution in [2.45, 2.75) is 13.3 Å². The molecule has 0 heterocycles. The second-order valence-electron chi connectivity index (χ2n) is 2.40. The third-order valence-electron chi connectivity index (χ3n) is 1.48. The van der Waals surface area contributed by atoms with Gasteiger partial charge in [0.15, 0.2) is 0 Å². The average molecular weight is 160 g/mol. The van der Waals surface area contributed by atoms with E-state index in [2.05, 4.69) is 0 Å². The van der Waals surface area contributed by atoms with E-state index in [1.807, 2.05) is 11.8 Å². The summed E-state index contributed by atoms with van der Waals surface area (Å²) in [6.07, 6.45) is 0.862. The Balaban J connectivity index is 3.49. The second kappa shape index (κ2) is 6.12. The molecule has 0 unspecified atom stereocenters. The van der Waals surface area contributed by atoms with Gasteiger partial charge in [0.2, 0.25) is 0 Å². The van der Waals surface area contributed by atoms with Crippen molar-refractivity contribution in [2.24, 2.45) is 5.73 Å². The molecule has 0 amide bonds. The molecule has 0 aromatic heterocycles. The Bertz CT molecular complexity index is 117. The Hall–Kier alpha value is -0.610. The van der Waals surface area contributed by atoms with Crippen LogP contribution in [0.3, 0.4) is 0 Å². The Kier molecular flexibility index (Phi) is 5.78. The fraction of sp³-hybridized carbons (Fsp3) is 0.857. The van der Waals surface area contributed by atoms with E-state index in [0.29, 0.717) is 6.54 Å². The molecule has 0 aromatic carbocycles. The van der Waals surface area contributed by atoms with E-state index in [-0.39, 0.29) is 6.54 Å². The number of carboxylic acids is 1. The first-order chi connectivity index (χ1) is 5.20. The van der Waals surface area contributed by atoms with Crippen LogP contribution >= 0.6 is 0 Å². The zero-order chi connectivity index (χ0) is 8.69. The van der Waals surface area contributed by atoms with Gasteiger partial charge in [-0.05, 0) is 26.1 Å². The molecule has 4 heteroatoms. The van der Waals surface area contributed by atoms with E-state index >= 15 is 0 Å². The lowest BCUT2D eigenvalue weighted by atomic mass is 10.3. The highest BCUT2D eigenvalue weighted by molar-refractivity contribution is 5.69. The van der Waals surface area contributed by atoms with Crippen molar-refractivity contribution in [3.05, 3.63) is 0 Å². The molecule has 11 heavy (non-hydrogen) atoms. The van der Waals surface area contributed by atoms with Crippen LogP contribution in [-0.2, 0) is 4.79 Å². The maximum absolute atomic E-state index is 10.3. The molecular weight excluding hydrogens is 144 g/mol. The van der Waals surface area contributed by atoms with Gasteiger partial charge in [0.05, 0.1) is 6.54 Å². The van der Waals surface area contributed by atoms with Gasteiger partial charge in [0, 0.05) is 0 Å². The lowest BCUT2D eigenvalue weighted by Gasteiger charge is -2.16. The van der Waals surface area contributed by atoms with E-state index in [4.69, 9.17) is 10.8 Å².